The van der Waals surface area contributed by atoms with E-state index in [-0.39, 0.29) is 5.91 Å². The summed E-state index contributed by atoms with van der Waals surface area (Å²) in [5.74, 6) is -1.30. The van der Waals surface area contributed by atoms with Crippen molar-refractivity contribution in [3.63, 3.8) is 0 Å². The topological polar surface area (TPSA) is 36.4 Å². The number of amides is 1. The van der Waals surface area contributed by atoms with Crippen molar-refractivity contribution in [3.05, 3.63) is 40.4 Å². The van der Waals surface area contributed by atoms with Crippen LogP contribution in [0.15, 0.2) is 18.2 Å². The second-order valence-electron chi connectivity index (χ2n) is 8.07. The zero-order chi connectivity index (χ0) is 20.4. The lowest BCUT2D eigenvalue weighted by atomic mass is 10.0. The van der Waals surface area contributed by atoms with E-state index in [9.17, 15) is 13.6 Å². The van der Waals surface area contributed by atoms with Gasteiger partial charge in [-0.2, -0.15) is 0 Å². The lowest BCUT2D eigenvalue weighted by Crippen LogP contribution is -2.47. The summed E-state index contributed by atoms with van der Waals surface area (Å²) in [5, 5.41) is 0.476. The highest BCUT2D eigenvalue weighted by Gasteiger charge is 2.29. The van der Waals surface area contributed by atoms with E-state index in [1.54, 1.807) is 6.92 Å². The lowest BCUT2D eigenvalue weighted by molar-refractivity contribution is 0.0626. The first kappa shape index (κ1) is 20.4. The number of carbonyl (C=O) groups excluding carboxylic acids is 1. The van der Waals surface area contributed by atoms with Crippen molar-refractivity contribution in [2.45, 2.75) is 51.5 Å². The van der Waals surface area contributed by atoms with Crippen molar-refractivity contribution in [1.29, 1.82) is 0 Å². The summed E-state index contributed by atoms with van der Waals surface area (Å²) in [6, 6.07) is 3.92. The quantitative estimate of drug-likeness (QED) is 0.712. The van der Waals surface area contributed by atoms with Gasteiger partial charge in [0.05, 0.1) is 5.69 Å². The molecular weight excluding hydrogens is 392 g/mol. The van der Waals surface area contributed by atoms with Gasteiger partial charge in [0.1, 0.15) is 21.5 Å². The molecule has 0 atom stereocenters. The molecule has 2 aliphatic heterocycles. The molecule has 0 aliphatic carbocycles. The Kier molecular flexibility index (Phi) is 6.25. The van der Waals surface area contributed by atoms with Crippen LogP contribution in [0.3, 0.4) is 0 Å². The second-order valence-corrected chi connectivity index (χ2v) is 9.06. The van der Waals surface area contributed by atoms with E-state index < -0.39 is 11.6 Å². The van der Waals surface area contributed by atoms with Gasteiger partial charge in [0.2, 0.25) is 0 Å². The molecule has 4 nitrogen and oxygen atoms in total. The standard InChI is InChI=1S/C22H27F2N3OS/c1-15-20(29-21(25-15)16-12-17(23)14-18(24)13-16)22(28)27-10-6-19(7-11-27)26-8-4-2-3-5-9-26/h12-14,19H,2-11H2,1H3. The second kappa shape index (κ2) is 8.88. The molecule has 3 heterocycles. The summed E-state index contributed by atoms with van der Waals surface area (Å²) >= 11 is 1.22. The number of halogens is 2. The maximum absolute atomic E-state index is 13.5. The average Bonchev–Trinajstić information content (AvgIpc) is 2.90. The number of piperidine rings is 1. The van der Waals surface area contributed by atoms with Gasteiger partial charge < -0.3 is 9.80 Å². The van der Waals surface area contributed by atoms with E-state index >= 15 is 0 Å². The van der Waals surface area contributed by atoms with Crippen LogP contribution in [0.5, 0.6) is 0 Å². The molecule has 0 saturated carbocycles. The number of rotatable bonds is 3. The summed E-state index contributed by atoms with van der Waals surface area (Å²) in [5.41, 5.74) is 0.990. The summed E-state index contributed by atoms with van der Waals surface area (Å²) in [6.07, 6.45) is 7.23. The molecule has 29 heavy (non-hydrogen) atoms. The van der Waals surface area contributed by atoms with Gasteiger partial charge in [-0.3, -0.25) is 4.79 Å². The van der Waals surface area contributed by atoms with Crippen molar-refractivity contribution in [3.8, 4) is 10.6 Å². The highest BCUT2D eigenvalue weighted by atomic mass is 32.1. The molecule has 0 unspecified atom stereocenters. The summed E-state index contributed by atoms with van der Waals surface area (Å²) in [4.78, 5) is 22.6. The average molecular weight is 420 g/mol. The van der Waals surface area contributed by atoms with Gasteiger partial charge in [0.25, 0.3) is 5.91 Å². The van der Waals surface area contributed by atoms with Crippen LogP contribution in [0.25, 0.3) is 10.6 Å². The fourth-order valence-electron chi connectivity index (χ4n) is 4.43. The maximum atomic E-state index is 13.5. The van der Waals surface area contributed by atoms with Crippen LogP contribution in [0.2, 0.25) is 0 Å². The Labute approximate surface area is 174 Å². The van der Waals surface area contributed by atoms with Gasteiger partial charge in [-0.15, -0.1) is 11.3 Å². The molecular formula is C22H27F2N3OS. The Balaban J connectivity index is 1.43. The molecule has 7 heteroatoms. The molecule has 4 rings (SSSR count). The van der Waals surface area contributed by atoms with Crippen LogP contribution in [-0.2, 0) is 0 Å². The van der Waals surface area contributed by atoms with Crippen molar-refractivity contribution >= 4 is 17.2 Å². The molecule has 2 fully saturated rings. The monoisotopic (exact) mass is 419 g/mol. The molecule has 2 aliphatic rings. The van der Waals surface area contributed by atoms with Gasteiger partial charge in [-0.25, -0.2) is 13.8 Å². The maximum Gasteiger partial charge on any atom is 0.265 e. The zero-order valence-corrected chi connectivity index (χ0v) is 17.6. The van der Waals surface area contributed by atoms with E-state index in [0.29, 0.717) is 27.2 Å². The Morgan fingerprint density at radius 1 is 1.00 bits per heavy atom. The Morgan fingerprint density at radius 2 is 1.62 bits per heavy atom. The molecule has 156 valence electrons. The number of nitrogens with zero attached hydrogens (tertiary/aromatic N) is 3. The molecule has 2 aromatic rings. The number of likely N-dealkylation sites (tertiary alicyclic amines) is 2. The molecule has 0 radical (unpaired) electrons. The van der Waals surface area contributed by atoms with E-state index in [2.05, 4.69) is 9.88 Å². The van der Waals surface area contributed by atoms with E-state index in [0.717, 1.165) is 32.0 Å². The van der Waals surface area contributed by atoms with E-state index in [1.807, 2.05) is 4.90 Å². The third-order valence-electron chi connectivity index (χ3n) is 6.01. The van der Waals surface area contributed by atoms with Crippen LogP contribution in [0.1, 0.15) is 53.9 Å². The third-order valence-corrected chi connectivity index (χ3v) is 7.20. The highest BCUT2D eigenvalue weighted by Crippen LogP contribution is 2.31. The predicted molar refractivity (Wildman–Crippen MR) is 111 cm³/mol. The van der Waals surface area contributed by atoms with Gasteiger partial charge in [-0.05, 0) is 57.8 Å². The van der Waals surface area contributed by atoms with E-state index in [4.69, 9.17) is 0 Å². The van der Waals surface area contributed by atoms with Gasteiger partial charge in [0.15, 0.2) is 0 Å². The molecule has 1 amide bonds. The largest absolute Gasteiger partial charge is 0.338 e. The normalized spacial score (nSPS) is 19.3. The first-order valence-electron chi connectivity index (χ1n) is 10.5. The Morgan fingerprint density at radius 3 is 2.24 bits per heavy atom. The van der Waals surface area contributed by atoms with E-state index in [1.165, 1.54) is 62.2 Å². The minimum atomic E-state index is -0.642. The predicted octanol–water partition coefficient (Wildman–Crippen LogP) is 4.88. The lowest BCUT2D eigenvalue weighted by Gasteiger charge is -2.38. The number of benzene rings is 1. The number of aromatic nitrogens is 1. The smallest absolute Gasteiger partial charge is 0.265 e. The fourth-order valence-corrected chi connectivity index (χ4v) is 5.46. The molecule has 1 aromatic heterocycles. The Bertz CT molecular complexity index is 849. The minimum absolute atomic E-state index is 0.0163. The fraction of sp³-hybridized carbons (Fsp3) is 0.545. The number of aryl methyl sites for hydroxylation is 1. The molecule has 1 aromatic carbocycles. The SMILES string of the molecule is Cc1nc(-c2cc(F)cc(F)c2)sc1C(=O)N1CCC(N2CCCCCC2)CC1. The molecule has 0 bridgehead atoms. The van der Waals surface area contributed by atoms with Crippen molar-refractivity contribution < 1.29 is 13.6 Å². The first-order chi connectivity index (χ1) is 14.0. The van der Waals surface area contributed by atoms with Gasteiger partial charge in [-0.1, -0.05) is 12.8 Å². The van der Waals surface area contributed by atoms with Crippen LogP contribution >= 0.6 is 11.3 Å². The van der Waals surface area contributed by atoms with Crippen LogP contribution < -0.4 is 0 Å². The molecule has 0 spiro atoms. The third kappa shape index (κ3) is 4.67. The molecule has 0 N–H and O–H groups in total. The molecule has 2 saturated heterocycles. The highest BCUT2D eigenvalue weighted by molar-refractivity contribution is 7.17. The summed E-state index contributed by atoms with van der Waals surface area (Å²) < 4.78 is 27.1. The van der Waals surface area contributed by atoms with Crippen LogP contribution in [-0.4, -0.2) is 52.9 Å². The number of hydrogen-bond donors (Lipinski definition) is 0. The van der Waals surface area contributed by atoms with Crippen LogP contribution in [0, 0.1) is 18.6 Å². The van der Waals surface area contributed by atoms with Gasteiger partial charge >= 0.3 is 0 Å². The Hall–Kier alpha value is -1.86. The first-order valence-corrected chi connectivity index (χ1v) is 11.3. The number of thiazole rings is 1. The zero-order valence-electron chi connectivity index (χ0n) is 16.8. The van der Waals surface area contributed by atoms with Crippen molar-refractivity contribution in [1.82, 2.24) is 14.8 Å². The van der Waals surface area contributed by atoms with Crippen molar-refractivity contribution in [2.75, 3.05) is 26.2 Å². The number of carbonyl (C=O) groups is 1. The minimum Gasteiger partial charge on any atom is -0.338 e. The van der Waals surface area contributed by atoms with Crippen molar-refractivity contribution in [2.24, 2.45) is 0 Å². The van der Waals surface area contributed by atoms with Crippen LogP contribution in [0.4, 0.5) is 8.78 Å². The summed E-state index contributed by atoms with van der Waals surface area (Å²) in [7, 11) is 0. The van der Waals surface area contributed by atoms with Gasteiger partial charge in [0, 0.05) is 30.8 Å². The summed E-state index contributed by atoms with van der Waals surface area (Å²) in [6.45, 7) is 5.65. The number of hydrogen-bond acceptors (Lipinski definition) is 4.